The van der Waals surface area contributed by atoms with Crippen LogP contribution in [-0.4, -0.2) is 27.2 Å². The summed E-state index contributed by atoms with van der Waals surface area (Å²) in [6.07, 6.45) is 2.57. The van der Waals surface area contributed by atoms with Crippen LogP contribution in [0.1, 0.15) is 52.4 Å². The molecule has 0 fully saturated rings. The fraction of sp³-hybridized carbons (Fsp3) is 0.615. The number of hydrogen-bond acceptors (Lipinski definition) is 4. The van der Waals surface area contributed by atoms with E-state index in [9.17, 15) is 9.59 Å². The van der Waals surface area contributed by atoms with E-state index in [4.69, 9.17) is 10.5 Å². The molecule has 1 rings (SSSR count). The predicted molar refractivity (Wildman–Crippen MR) is 73.9 cm³/mol. The predicted octanol–water partition coefficient (Wildman–Crippen LogP) is 1.52. The van der Waals surface area contributed by atoms with Gasteiger partial charge in [-0.25, -0.2) is 9.78 Å². The maximum Gasteiger partial charge on any atom is 0.408 e. The van der Waals surface area contributed by atoms with Crippen LogP contribution in [0.15, 0.2) is 12.5 Å². The van der Waals surface area contributed by atoms with Crippen LogP contribution >= 0.6 is 0 Å². The third-order valence-corrected chi connectivity index (χ3v) is 2.70. The van der Waals surface area contributed by atoms with Crippen LogP contribution < -0.4 is 11.1 Å². The van der Waals surface area contributed by atoms with Gasteiger partial charge in [-0.15, -0.1) is 0 Å². The lowest BCUT2D eigenvalue weighted by Crippen LogP contribution is -2.35. The Labute approximate surface area is 118 Å². The maximum absolute atomic E-state index is 11.7. The number of amides is 2. The molecule has 0 spiro atoms. The number of aromatic nitrogens is 2. The summed E-state index contributed by atoms with van der Waals surface area (Å²) in [6.45, 7) is 8.82. The second kappa shape index (κ2) is 5.94. The number of carbonyl (C=O) groups excluding carboxylic acids is 2. The number of rotatable bonds is 4. The minimum atomic E-state index is -0.565. The Hall–Kier alpha value is -2.05. The first kappa shape index (κ1) is 16.0. The summed E-state index contributed by atoms with van der Waals surface area (Å²) in [5.41, 5.74) is 5.40. The summed E-state index contributed by atoms with van der Waals surface area (Å²) in [4.78, 5) is 27.0. The highest BCUT2D eigenvalue weighted by Gasteiger charge is 2.22. The number of nitrogens with two attached hydrogens (primary N) is 1. The standard InChI is InChI=1S/C13H22N4O3/c1-8(16-12(19)20-13(3,4)5)10-6-15-7-17(10)9(2)11(14)18/h6-9H,1-5H3,(H2,14,18)(H,16,19). The van der Waals surface area contributed by atoms with Gasteiger partial charge in [0.2, 0.25) is 5.91 Å². The van der Waals surface area contributed by atoms with Crippen molar-refractivity contribution in [3.8, 4) is 0 Å². The number of alkyl carbamates (subject to hydrolysis) is 1. The minimum absolute atomic E-state index is 0.353. The van der Waals surface area contributed by atoms with E-state index in [2.05, 4.69) is 10.3 Å². The molecule has 0 bridgehead atoms. The quantitative estimate of drug-likeness (QED) is 0.874. The number of nitrogens with zero attached hydrogens (tertiary/aromatic N) is 2. The highest BCUT2D eigenvalue weighted by Crippen LogP contribution is 2.17. The second-order valence-corrected chi connectivity index (χ2v) is 5.67. The van der Waals surface area contributed by atoms with E-state index in [1.807, 2.05) is 0 Å². The number of ether oxygens (including phenoxy) is 1. The molecule has 20 heavy (non-hydrogen) atoms. The van der Waals surface area contributed by atoms with Gasteiger partial charge < -0.3 is 20.4 Å². The van der Waals surface area contributed by atoms with E-state index in [0.717, 1.165) is 0 Å². The van der Waals surface area contributed by atoms with Crippen LogP contribution in [0.2, 0.25) is 0 Å². The van der Waals surface area contributed by atoms with Crippen LogP contribution in [-0.2, 0) is 9.53 Å². The van der Waals surface area contributed by atoms with Crippen molar-refractivity contribution in [2.24, 2.45) is 5.73 Å². The topological polar surface area (TPSA) is 99.2 Å². The number of imidazole rings is 1. The molecule has 2 amide bonds. The van der Waals surface area contributed by atoms with Crippen molar-refractivity contribution < 1.29 is 14.3 Å². The van der Waals surface area contributed by atoms with Gasteiger partial charge in [-0.3, -0.25) is 4.79 Å². The number of nitrogens with one attached hydrogen (secondary N) is 1. The Balaban J connectivity index is 2.79. The number of primary amides is 1. The zero-order valence-corrected chi connectivity index (χ0v) is 12.5. The van der Waals surface area contributed by atoms with Gasteiger partial charge in [0.25, 0.3) is 0 Å². The van der Waals surface area contributed by atoms with E-state index in [0.29, 0.717) is 5.69 Å². The van der Waals surface area contributed by atoms with Crippen molar-refractivity contribution in [1.82, 2.24) is 14.9 Å². The van der Waals surface area contributed by atoms with Crippen molar-refractivity contribution >= 4 is 12.0 Å². The molecule has 0 saturated heterocycles. The molecule has 1 aromatic rings. The molecule has 2 atom stereocenters. The fourth-order valence-corrected chi connectivity index (χ4v) is 1.67. The summed E-state index contributed by atoms with van der Waals surface area (Å²) >= 11 is 0. The van der Waals surface area contributed by atoms with Crippen molar-refractivity contribution in [2.45, 2.75) is 52.3 Å². The molecular formula is C13H22N4O3. The van der Waals surface area contributed by atoms with Gasteiger partial charge in [-0.05, 0) is 34.6 Å². The molecule has 7 nitrogen and oxygen atoms in total. The molecule has 1 aromatic heterocycles. The van der Waals surface area contributed by atoms with Gasteiger partial charge in [0.05, 0.1) is 24.3 Å². The summed E-state index contributed by atoms with van der Waals surface area (Å²) in [5.74, 6) is -0.464. The number of hydrogen-bond donors (Lipinski definition) is 2. The molecule has 7 heteroatoms. The summed E-state index contributed by atoms with van der Waals surface area (Å²) < 4.78 is 6.81. The lowest BCUT2D eigenvalue weighted by atomic mass is 10.2. The van der Waals surface area contributed by atoms with E-state index < -0.39 is 23.6 Å². The molecule has 112 valence electrons. The molecular weight excluding hydrogens is 260 g/mol. The SMILES string of the molecule is CC(NC(=O)OC(C)(C)C)c1cncn1C(C)C(N)=O. The zero-order chi connectivity index (χ0) is 15.5. The van der Waals surface area contributed by atoms with Crippen molar-refractivity contribution in [3.63, 3.8) is 0 Å². The third-order valence-electron chi connectivity index (χ3n) is 2.70. The monoisotopic (exact) mass is 282 g/mol. The molecule has 0 aromatic carbocycles. The number of carbonyl (C=O) groups is 2. The Morgan fingerprint density at radius 3 is 2.50 bits per heavy atom. The molecule has 0 aliphatic rings. The van der Waals surface area contributed by atoms with Crippen LogP contribution in [0.5, 0.6) is 0 Å². The highest BCUT2D eigenvalue weighted by atomic mass is 16.6. The van der Waals surface area contributed by atoms with Gasteiger partial charge in [0.1, 0.15) is 11.6 Å². The van der Waals surface area contributed by atoms with Crippen molar-refractivity contribution in [1.29, 1.82) is 0 Å². The minimum Gasteiger partial charge on any atom is -0.444 e. The Morgan fingerprint density at radius 1 is 1.40 bits per heavy atom. The van der Waals surface area contributed by atoms with E-state index in [1.165, 1.54) is 6.33 Å². The Kier molecular flexibility index (Phi) is 4.75. The van der Waals surface area contributed by atoms with Gasteiger partial charge in [-0.1, -0.05) is 0 Å². The average Bonchev–Trinajstić information content (AvgIpc) is 2.73. The molecule has 2 unspecified atom stereocenters. The zero-order valence-electron chi connectivity index (χ0n) is 12.5. The summed E-state index contributed by atoms with van der Waals surface area (Å²) in [5, 5.41) is 2.70. The smallest absolute Gasteiger partial charge is 0.408 e. The molecule has 0 radical (unpaired) electrons. The van der Waals surface area contributed by atoms with Crippen molar-refractivity contribution in [3.05, 3.63) is 18.2 Å². The second-order valence-electron chi connectivity index (χ2n) is 5.67. The van der Waals surface area contributed by atoms with Crippen LogP contribution in [0.4, 0.5) is 4.79 Å². The molecule has 0 aliphatic carbocycles. The van der Waals surface area contributed by atoms with Gasteiger partial charge in [-0.2, -0.15) is 0 Å². The molecule has 1 heterocycles. The average molecular weight is 282 g/mol. The largest absolute Gasteiger partial charge is 0.444 e. The first-order valence-electron chi connectivity index (χ1n) is 6.42. The van der Waals surface area contributed by atoms with Crippen LogP contribution in [0.25, 0.3) is 0 Å². The summed E-state index contributed by atoms with van der Waals surface area (Å²) in [6, 6.07) is -0.885. The third kappa shape index (κ3) is 4.25. The van der Waals surface area contributed by atoms with E-state index >= 15 is 0 Å². The Morgan fingerprint density at radius 2 is 2.00 bits per heavy atom. The normalized spacial score (nSPS) is 14.4. The lowest BCUT2D eigenvalue weighted by Gasteiger charge is -2.23. The first-order chi connectivity index (χ1) is 9.11. The maximum atomic E-state index is 11.7. The van der Waals surface area contributed by atoms with Crippen LogP contribution in [0, 0.1) is 0 Å². The highest BCUT2D eigenvalue weighted by molar-refractivity contribution is 5.78. The Bertz CT molecular complexity index is 490. The first-order valence-corrected chi connectivity index (χ1v) is 6.42. The molecule has 0 aliphatic heterocycles. The fourth-order valence-electron chi connectivity index (χ4n) is 1.67. The van der Waals surface area contributed by atoms with Gasteiger partial charge in [0.15, 0.2) is 0 Å². The molecule has 0 saturated carbocycles. The summed E-state index contributed by atoms with van der Waals surface area (Å²) in [7, 11) is 0. The van der Waals surface area contributed by atoms with Crippen LogP contribution in [0.3, 0.4) is 0 Å². The van der Waals surface area contributed by atoms with Gasteiger partial charge in [0, 0.05) is 0 Å². The van der Waals surface area contributed by atoms with E-state index in [1.54, 1.807) is 45.4 Å². The van der Waals surface area contributed by atoms with Crippen molar-refractivity contribution in [2.75, 3.05) is 0 Å². The lowest BCUT2D eigenvalue weighted by molar-refractivity contribution is -0.120. The van der Waals surface area contributed by atoms with E-state index in [-0.39, 0.29) is 6.04 Å². The van der Waals surface area contributed by atoms with Gasteiger partial charge >= 0.3 is 6.09 Å². The molecule has 3 N–H and O–H groups in total.